The van der Waals surface area contributed by atoms with Crippen LogP contribution in [0, 0.1) is 5.82 Å². The monoisotopic (exact) mass is 340 g/mol. The van der Waals surface area contributed by atoms with Crippen molar-refractivity contribution in [1.29, 1.82) is 0 Å². The van der Waals surface area contributed by atoms with Crippen LogP contribution in [-0.2, 0) is 29.9 Å². The van der Waals surface area contributed by atoms with Crippen LogP contribution in [0.4, 0.5) is 4.39 Å². The Morgan fingerprint density at radius 1 is 1.30 bits per heavy atom. The second-order valence-corrected chi connectivity index (χ2v) is 7.49. The van der Waals surface area contributed by atoms with Crippen LogP contribution in [0.3, 0.4) is 0 Å². The fourth-order valence-corrected chi connectivity index (χ4v) is 3.04. The largest absolute Gasteiger partial charge is 0.317 e. The number of rotatable bonds is 6. The zero-order valence-corrected chi connectivity index (χ0v) is 14.5. The molecule has 2 rings (SSSR count). The van der Waals surface area contributed by atoms with Gasteiger partial charge in [-0.25, -0.2) is 12.8 Å². The molecule has 8 heteroatoms. The van der Waals surface area contributed by atoms with Crippen molar-refractivity contribution >= 4 is 9.84 Å². The normalized spacial score (nSPS) is 13.3. The Balaban J connectivity index is 2.10. The molecule has 1 aromatic heterocycles. The van der Waals surface area contributed by atoms with Gasteiger partial charge in [-0.2, -0.15) is 0 Å². The van der Waals surface area contributed by atoms with Gasteiger partial charge in [0.15, 0.2) is 9.84 Å². The predicted molar refractivity (Wildman–Crippen MR) is 85.1 cm³/mol. The number of halogens is 1. The lowest BCUT2D eigenvalue weighted by atomic mass is 10.1. The lowest BCUT2D eigenvalue weighted by Gasteiger charge is -2.15. The number of hydrogen-bond acceptors (Lipinski definition) is 5. The van der Waals surface area contributed by atoms with E-state index in [-0.39, 0.29) is 10.9 Å². The minimum Gasteiger partial charge on any atom is -0.317 e. The van der Waals surface area contributed by atoms with Gasteiger partial charge < -0.3 is 9.88 Å². The third-order valence-corrected chi connectivity index (χ3v) is 4.92. The average molecular weight is 340 g/mol. The summed E-state index contributed by atoms with van der Waals surface area (Å²) < 4.78 is 38.8. The SMILES string of the molecule is CCc1nnc(CNC(C)c2ccc(S(C)(=O)=O)c(F)c2)n1C. The number of benzene rings is 1. The number of aryl methyl sites for hydroxylation is 1. The molecule has 1 atom stereocenters. The van der Waals surface area contributed by atoms with Crippen LogP contribution >= 0.6 is 0 Å². The Labute approximate surface area is 135 Å². The maximum absolute atomic E-state index is 13.9. The molecule has 0 spiro atoms. The summed E-state index contributed by atoms with van der Waals surface area (Å²) in [6.45, 7) is 4.38. The van der Waals surface area contributed by atoms with Gasteiger partial charge >= 0.3 is 0 Å². The van der Waals surface area contributed by atoms with Crippen LogP contribution in [0.2, 0.25) is 0 Å². The molecule has 23 heavy (non-hydrogen) atoms. The lowest BCUT2D eigenvalue weighted by Crippen LogP contribution is -2.20. The van der Waals surface area contributed by atoms with E-state index < -0.39 is 15.7 Å². The molecule has 1 unspecified atom stereocenters. The molecule has 0 fully saturated rings. The van der Waals surface area contributed by atoms with E-state index in [0.717, 1.165) is 24.3 Å². The van der Waals surface area contributed by atoms with E-state index in [1.807, 2.05) is 25.5 Å². The van der Waals surface area contributed by atoms with Gasteiger partial charge in [0.05, 0.1) is 6.54 Å². The Hall–Kier alpha value is -1.80. The Kier molecular flexibility index (Phi) is 5.16. The standard InChI is InChI=1S/C15H21FN4O2S/c1-5-14-18-19-15(20(14)3)9-17-10(2)11-6-7-13(12(16)8-11)23(4,21)22/h6-8,10,17H,5,9H2,1-4H3. The summed E-state index contributed by atoms with van der Waals surface area (Å²) in [5.74, 6) is 0.963. The smallest absolute Gasteiger partial charge is 0.178 e. The van der Waals surface area contributed by atoms with Crippen molar-refractivity contribution < 1.29 is 12.8 Å². The first kappa shape index (κ1) is 17.6. The van der Waals surface area contributed by atoms with E-state index in [9.17, 15) is 12.8 Å². The van der Waals surface area contributed by atoms with Gasteiger partial charge in [0.2, 0.25) is 0 Å². The summed E-state index contributed by atoms with van der Waals surface area (Å²) in [5, 5.41) is 11.4. The molecule has 126 valence electrons. The van der Waals surface area contributed by atoms with Gasteiger partial charge in [-0.15, -0.1) is 10.2 Å². The van der Waals surface area contributed by atoms with E-state index in [1.165, 1.54) is 12.1 Å². The molecule has 0 saturated carbocycles. The maximum Gasteiger partial charge on any atom is 0.178 e. The van der Waals surface area contributed by atoms with Crippen molar-refractivity contribution in [1.82, 2.24) is 20.1 Å². The molecule has 0 radical (unpaired) electrons. The third kappa shape index (κ3) is 3.94. The lowest BCUT2D eigenvalue weighted by molar-refractivity contribution is 0.535. The molecule has 0 amide bonds. The van der Waals surface area contributed by atoms with Crippen LogP contribution in [0.5, 0.6) is 0 Å². The number of sulfone groups is 1. The van der Waals surface area contributed by atoms with E-state index in [2.05, 4.69) is 15.5 Å². The van der Waals surface area contributed by atoms with Gasteiger partial charge in [-0.3, -0.25) is 0 Å². The van der Waals surface area contributed by atoms with Gasteiger partial charge in [0.25, 0.3) is 0 Å². The Morgan fingerprint density at radius 3 is 2.48 bits per heavy atom. The summed E-state index contributed by atoms with van der Waals surface area (Å²) >= 11 is 0. The topological polar surface area (TPSA) is 76.9 Å². The average Bonchev–Trinajstić information content (AvgIpc) is 2.83. The van der Waals surface area contributed by atoms with Crippen LogP contribution in [-0.4, -0.2) is 29.4 Å². The van der Waals surface area contributed by atoms with Gasteiger partial charge in [-0.05, 0) is 24.6 Å². The van der Waals surface area contributed by atoms with Crippen molar-refractivity contribution in [2.45, 2.75) is 37.8 Å². The number of nitrogens with zero attached hydrogens (tertiary/aromatic N) is 3. The van der Waals surface area contributed by atoms with Crippen molar-refractivity contribution in [2.75, 3.05) is 6.26 Å². The van der Waals surface area contributed by atoms with Crippen LogP contribution in [0.15, 0.2) is 23.1 Å². The first-order valence-corrected chi connectivity index (χ1v) is 9.23. The summed E-state index contributed by atoms with van der Waals surface area (Å²) in [7, 11) is -1.65. The highest BCUT2D eigenvalue weighted by Crippen LogP contribution is 2.20. The van der Waals surface area contributed by atoms with Gasteiger partial charge in [0.1, 0.15) is 22.4 Å². The first-order valence-electron chi connectivity index (χ1n) is 7.34. The molecular formula is C15H21FN4O2S. The Bertz CT molecular complexity index is 802. The summed E-state index contributed by atoms with van der Waals surface area (Å²) in [6, 6.07) is 4.02. The highest BCUT2D eigenvalue weighted by Gasteiger charge is 2.16. The van der Waals surface area contributed by atoms with E-state index >= 15 is 0 Å². The quantitative estimate of drug-likeness (QED) is 0.867. The minimum absolute atomic E-state index is 0.153. The highest BCUT2D eigenvalue weighted by atomic mass is 32.2. The van der Waals surface area contributed by atoms with Crippen molar-refractivity contribution in [2.24, 2.45) is 7.05 Å². The molecular weight excluding hydrogens is 319 g/mol. The summed E-state index contributed by atoms with van der Waals surface area (Å²) in [5.41, 5.74) is 0.674. The van der Waals surface area contributed by atoms with Gasteiger partial charge in [0, 0.05) is 25.8 Å². The molecule has 0 aliphatic rings. The van der Waals surface area contributed by atoms with Crippen LogP contribution in [0.25, 0.3) is 0 Å². The van der Waals surface area contributed by atoms with Crippen molar-refractivity contribution in [3.63, 3.8) is 0 Å². The zero-order valence-electron chi connectivity index (χ0n) is 13.7. The second kappa shape index (κ2) is 6.76. The molecule has 1 aromatic carbocycles. The number of nitrogens with one attached hydrogen (secondary N) is 1. The van der Waals surface area contributed by atoms with Crippen molar-refractivity contribution in [3.05, 3.63) is 41.2 Å². The molecule has 0 aliphatic carbocycles. The minimum atomic E-state index is -3.55. The van der Waals surface area contributed by atoms with Crippen LogP contribution in [0.1, 0.15) is 37.1 Å². The molecule has 1 heterocycles. The van der Waals surface area contributed by atoms with Crippen molar-refractivity contribution in [3.8, 4) is 0 Å². The molecule has 1 N–H and O–H groups in total. The Morgan fingerprint density at radius 2 is 1.96 bits per heavy atom. The van der Waals surface area contributed by atoms with Crippen LogP contribution < -0.4 is 5.32 Å². The first-order chi connectivity index (χ1) is 10.7. The molecule has 0 aliphatic heterocycles. The summed E-state index contributed by atoms with van der Waals surface area (Å²) in [4.78, 5) is -0.283. The fraction of sp³-hybridized carbons (Fsp3) is 0.467. The second-order valence-electron chi connectivity index (χ2n) is 5.51. The molecule has 0 bridgehead atoms. The maximum atomic E-state index is 13.9. The highest BCUT2D eigenvalue weighted by molar-refractivity contribution is 7.90. The van der Waals surface area contributed by atoms with Gasteiger partial charge in [-0.1, -0.05) is 13.0 Å². The molecule has 2 aromatic rings. The number of hydrogen-bond donors (Lipinski definition) is 1. The fourth-order valence-electron chi connectivity index (χ4n) is 2.31. The predicted octanol–water partition coefficient (Wildman–Crippen LogP) is 1.77. The van der Waals surface area contributed by atoms with E-state index in [1.54, 1.807) is 6.07 Å². The third-order valence-electron chi connectivity index (χ3n) is 3.79. The van der Waals surface area contributed by atoms with E-state index in [0.29, 0.717) is 12.1 Å². The number of aromatic nitrogens is 3. The molecule has 0 saturated heterocycles. The van der Waals surface area contributed by atoms with E-state index in [4.69, 9.17) is 0 Å². The molecule has 6 nitrogen and oxygen atoms in total. The summed E-state index contributed by atoms with van der Waals surface area (Å²) in [6.07, 6.45) is 1.80. The zero-order chi connectivity index (χ0) is 17.2.